The highest BCUT2D eigenvalue weighted by Crippen LogP contribution is 1.99. The Balaban J connectivity index is 2.58. The first-order chi connectivity index (χ1) is 12.6. The molecule has 0 fully saturated rings. The van der Waals surface area contributed by atoms with Gasteiger partial charge in [-0.2, -0.15) is 0 Å². The van der Waals surface area contributed by atoms with Gasteiger partial charge in [-0.1, -0.05) is 18.2 Å². The Bertz CT molecular complexity index is 721. The van der Waals surface area contributed by atoms with Crippen LogP contribution < -0.4 is 21.7 Å². The number of carbonyl (C=O) groups is 5. The van der Waals surface area contributed by atoms with Gasteiger partial charge in [-0.05, 0) is 26.0 Å². The van der Waals surface area contributed by atoms with Gasteiger partial charge in [0.2, 0.25) is 17.7 Å². The number of benzene rings is 1. The number of amides is 4. The minimum atomic E-state index is -1.50. The zero-order chi connectivity index (χ0) is 20.6. The third-order valence-corrected chi connectivity index (χ3v) is 3.55. The molecule has 0 aromatic heterocycles. The summed E-state index contributed by atoms with van der Waals surface area (Å²) < 4.78 is 0. The van der Waals surface area contributed by atoms with Crippen molar-refractivity contribution in [2.45, 2.75) is 38.4 Å². The monoisotopic (exact) mass is 378 g/mol. The quantitative estimate of drug-likeness (QED) is 0.360. The molecule has 6 N–H and O–H groups in total. The third-order valence-electron chi connectivity index (χ3n) is 3.55. The van der Waals surface area contributed by atoms with Crippen molar-refractivity contribution in [3.8, 4) is 0 Å². The van der Waals surface area contributed by atoms with Crippen LogP contribution in [0.3, 0.4) is 0 Å². The molecule has 3 atom stereocenters. The Morgan fingerprint density at radius 2 is 1.44 bits per heavy atom. The van der Waals surface area contributed by atoms with Gasteiger partial charge in [0.25, 0.3) is 5.91 Å². The second kappa shape index (κ2) is 9.90. The van der Waals surface area contributed by atoms with Gasteiger partial charge in [0.1, 0.15) is 18.1 Å². The van der Waals surface area contributed by atoms with Gasteiger partial charge in [-0.3, -0.25) is 19.2 Å². The molecule has 1 aromatic carbocycles. The van der Waals surface area contributed by atoms with Crippen LogP contribution >= 0.6 is 0 Å². The smallest absolute Gasteiger partial charge is 0.326 e. The van der Waals surface area contributed by atoms with Crippen molar-refractivity contribution in [2.75, 3.05) is 0 Å². The van der Waals surface area contributed by atoms with Crippen LogP contribution in [0.25, 0.3) is 0 Å². The summed E-state index contributed by atoms with van der Waals surface area (Å²) in [5, 5.41) is 15.9. The fourth-order valence-electron chi connectivity index (χ4n) is 2.04. The normalized spacial score (nSPS) is 13.6. The molecule has 1 aromatic rings. The summed E-state index contributed by atoms with van der Waals surface area (Å²) in [6.07, 6.45) is -0.578. The number of rotatable bonds is 9. The van der Waals surface area contributed by atoms with E-state index in [9.17, 15) is 24.0 Å². The largest absolute Gasteiger partial charge is 0.480 e. The van der Waals surface area contributed by atoms with E-state index >= 15 is 0 Å². The molecule has 0 saturated carbocycles. The van der Waals surface area contributed by atoms with Gasteiger partial charge in [0.05, 0.1) is 6.42 Å². The molecule has 0 aliphatic carbocycles. The number of hydrogen-bond donors (Lipinski definition) is 5. The molecule has 0 aliphatic rings. The SMILES string of the molecule is C[C@H](NC(=O)c1ccccc1)C(=O)N[C@H](C)C(=O)N[C@@H](CC(N)=O)C(=O)O. The van der Waals surface area contributed by atoms with Gasteiger partial charge >= 0.3 is 5.97 Å². The van der Waals surface area contributed by atoms with Crippen LogP contribution in [-0.2, 0) is 19.2 Å². The van der Waals surface area contributed by atoms with Crippen LogP contribution in [-0.4, -0.2) is 52.8 Å². The van der Waals surface area contributed by atoms with Crippen molar-refractivity contribution in [3.05, 3.63) is 35.9 Å². The number of aliphatic carboxylic acids is 1. The zero-order valence-corrected chi connectivity index (χ0v) is 14.9. The predicted molar refractivity (Wildman–Crippen MR) is 94.4 cm³/mol. The van der Waals surface area contributed by atoms with Crippen molar-refractivity contribution < 1.29 is 29.1 Å². The number of carboxylic acid groups (broad SMARTS) is 1. The molecular weight excluding hydrogens is 356 g/mol. The van der Waals surface area contributed by atoms with Gasteiger partial charge in [0, 0.05) is 5.56 Å². The molecule has 4 amide bonds. The van der Waals surface area contributed by atoms with Crippen LogP contribution in [0.2, 0.25) is 0 Å². The van der Waals surface area contributed by atoms with Crippen molar-refractivity contribution in [1.82, 2.24) is 16.0 Å². The van der Waals surface area contributed by atoms with E-state index in [1.54, 1.807) is 30.3 Å². The standard InChI is InChI=1S/C17H22N4O6/c1-9(20-16(25)11-6-4-3-5-7-11)14(23)19-10(2)15(24)21-12(17(26)27)8-13(18)22/h3-7,9-10,12H,8H2,1-2H3,(H2,18,22)(H,19,23)(H,20,25)(H,21,24)(H,26,27)/t9-,10+,12-/m0/s1. The topological polar surface area (TPSA) is 168 Å². The van der Waals surface area contributed by atoms with E-state index in [0.717, 1.165) is 0 Å². The van der Waals surface area contributed by atoms with E-state index in [2.05, 4.69) is 16.0 Å². The van der Waals surface area contributed by atoms with Crippen molar-refractivity contribution in [1.29, 1.82) is 0 Å². The second-order valence-electron chi connectivity index (χ2n) is 5.86. The molecule has 0 unspecified atom stereocenters. The molecule has 10 nitrogen and oxygen atoms in total. The fourth-order valence-corrected chi connectivity index (χ4v) is 2.04. The molecule has 0 saturated heterocycles. The summed E-state index contributed by atoms with van der Waals surface area (Å²) in [5.74, 6) is -4.22. The number of nitrogens with one attached hydrogen (secondary N) is 3. The molecule has 0 radical (unpaired) electrons. The Morgan fingerprint density at radius 3 is 1.96 bits per heavy atom. The summed E-state index contributed by atoms with van der Waals surface area (Å²) in [6, 6.07) is 4.74. The highest BCUT2D eigenvalue weighted by Gasteiger charge is 2.26. The van der Waals surface area contributed by atoms with E-state index in [4.69, 9.17) is 10.8 Å². The lowest BCUT2D eigenvalue weighted by Crippen LogP contribution is -2.54. The highest BCUT2D eigenvalue weighted by atomic mass is 16.4. The maximum atomic E-state index is 12.1. The predicted octanol–water partition coefficient (Wildman–Crippen LogP) is -1.25. The van der Waals surface area contributed by atoms with E-state index in [0.29, 0.717) is 5.56 Å². The van der Waals surface area contributed by atoms with Gasteiger partial charge in [-0.15, -0.1) is 0 Å². The lowest BCUT2D eigenvalue weighted by Gasteiger charge is -2.20. The van der Waals surface area contributed by atoms with Crippen molar-refractivity contribution in [2.24, 2.45) is 5.73 Å². The lowest BCUT2D eigenvalue weighted by molar-refractivity contribution is -0.143. The maximum absolute atomic E-state index is 12.1. The first-order valence-electron chi connectivity index (χ1n) is 8.09. The molecule has 146 valence electrons. The molecule has 27 heavy (non-hydrogen) atoms. The average molecular weight is 378 g/mol. The molecule has 0 heterocycles. The summed E-state index contributed by atoms with van der Waals surface area (Å²) in [6.45, 7) is 2.77. The first kappa shape index (κ1) is 21.6. The molecule has 0 bridgehead atoms. The second-order valence-corrected chi connectivity index (χ2v) is 5.86. The number of carbonyl (C=O) groups excluding carboxylic acids is 4. The molecule has 0 spiro atoms. The molecular formula is C17H22N4O6. The van der Waals surface area contributed by atoms with Gasteiger partial charge < -0.3 is 26.8 Å². The van der Waals surface area contributed by atoms with E-state index in [1.807, 2.05) is 0 Å². The summed E-state index contributed by atoms with van der Waals surface area (Å²) in [4.78, 5) is 58.0. The van der Waals surface area contributed by atoms with Crippen LogP contribution in [0, 0.1) is 0 Å². The minimum absolute atomic E-state index is 0.374. The summed E-state index contributed by atoms with van der Waals surface area (Å²) in [5.41, 5.74) is 5.31. The van der Waals surface area contributed by atoms with Crippen LogP contribution in [0.4, 0.5) is 0 Å². The van der Waals surface area contributed by atoms with Crippen LogP contribution in [0.1, 0.15) is 30.6 Å². The molecule has 10 heteroatoms. The van der Waals surface area contributed by atoms with E-state index in [-0.39, 0.29) is 0 Å². The molecule has 1 rings (SSSR count). The highest BCUT2D eigenvalue weighted by molar-refractivity contribution is 5.98. The number of carboxylic acids is 1. The number of primary amides is 1. The van der Waals surface area contributed by atoms with Crippen molar-refractivity contribution >= 4 is 29.6 Å². The number of nitrogens with two attached hydrogens (primary N) is 1. The zero-order valence-electron chi connectivity index (χ0n) is 14.9. The lowest BCUT2D eigenvalue weighted by atomic mass is 10.1. The minimum Gasteiger partial charge on any atom is -0.480 e. The van der Waals surface area contributed by atoms with Gasteiger partial charge in [-0.25, -0.2) is 4.79 Å². The number of hydrogen-bond acceptors (Lipinski definition) is 5. The average Bonchev–Trinajstić information content (AvgIpc) is 2.60. The van der Waals surface area contributed by atoms with E-state index in [1.165, 1.54) is 13.8 Å². The summed E-state index contributed by atoms with van der Waals surface area (Å²) in [7, 11) is 0. The van der Waals surface area contributed by atoms with Crippen LogP contribution in [0.15, 0.2) is 30.3 Å². The van der Waals surface area contributed by atoms with Crippen molar-refractivity contribution in [3.63, 3.8) is 0 Å². The summed E-state index contributed by atoms with van der Waals surface area (Å²) >= 11 is 0. The van der Waals surface area contributed by atoms with Crippen LogP contribution in [0.5, 0.6) is 0 Å². The van der Waals surface area contributed by atoms with Gasteiger partial charge in [0.15, 0.2) is 0 Å². The maximum Gasteiger partial charge on any atom is 0.326 e. The Kier molecular flexibility index (Phi) is 7.92. The molecule has 0 aliphatic heterocycles. The van der Waals surface area contributed by atoms with E-state index < -0.39 is 54.1 Å². The fraction of sp³-hybridized carbons (Fsp3) is 0.353. The Morgan fingerprint density at radius 1 is 0.926 bits per heavy atom. The third kappa shape index (κ3) is 7.14. The Hall–Kier alpha value is -3.43. The first-order valence-corrected chi connectivity index (χ1v) is 8.09. The Labute approximate surface area is 155 Å².